The van der Waals surface area contributed by atoms with E-state index < -0.39 is 4.92 Å². The first-order valence-corrected chi connectivity index (χ1v) is 10.2. The Morgan fingerprint density at radius 1 is 1.16 bits per heavy atom. The summed E-state index contributed by atoms with van der Waals surface area (Å²) in [6.45, 7) is 2.83. The molecule has 6 heteroatoms. The molecular formula is C19H26N2O3S. The van der Waals surface area contributed by atoms with E-state index in [0.29, 0.717) is 12.0 Å². The largest absolute Gasteiger partial charge is 0.338 e. The first kappa shape index (κ1) is 18.2. The van der Waals surface area contributed by atoms with Gasteiger partial charge in [0, 0.05) is 29.6 Å². The van der Waals surface area contributed by atoms with Crippen LogP contribution in [0, 0.1) is 16.0 Å². The van der Waals surface area contributed by atoms with E-state index in [2.05, 4.69) is 4.90 Å². The monoisotopic (exact) mass is 362 g/mol. The number of nitro benzene ring substituents is 1. The molecule has 0 N–H and O–H groups in total. The molecule has 0 spiro atoms. The lowest BCUT2D eigenvalue weighted by molar-refractivity contribution is -0.384. The summed E-state index contributed by atoms with van der Waals surface area (Å²) >= 11 is 1.49. The van der Waals surface area contributed by atoms with E-state index >= 15 is 0 Å². The number of carbonyl (C=O) groups excluding carboxylic acids is 1. The molecule has 1 amide bonds. The van der Waals surface area contributed by atoms with Crippen molar-refractivity contribution in [3.05, 3.63) is 34.4 Å². The van der Waals surface area contributed by atoms with Crippen molar-refractivity contribution < 1.29 is 9.72 Å². The van der Waals surface area contributed by atoms with Crippen LogP contribution in [0.5, 0.6) is 0 Å². The maximum absolute atomic E-state index is 13.0. The summed E-state index contributed by atoms with van der Waals surface area (Å²) in [5.74, 6) is 0.896. The molecule has 1 saturated heterocycles. The van der Waals surface area contributed by atoms with Gasteiger partial charge < -0.3 is 4.90 Å². The lowest BCUT2D eigenvalue weighted by Gasteiger charge is -2.35. The SMILES string of the molecule is C[C@H](Sc1ccc([N+](=O)[O-])cc1)C(=O)N1CCC[C@H]1C1CCCCC1. The molecule has 1 aliphatic heterocycles. The number of thioether (sulfide) groups is 1. The van der Waals surface area contributed by atoms with Crippen LogP contribution in [-0.4, -0.2) is 33.6 Å². The molecule has 136 valence electrons. The van der Waals surface area contributed by atoms with Gasteiger partial charge in [0.2, 0.25) is 5.91 Å². The van der Waals surface area contributed by atoms with Gasteiger partial charge in [-0.3, -0.25) is 14.9 Å². The standard InChI is InChI=1S/C19H26N2O3S/c1-14(25-17-11-9-16(10-12-17)21(23)24)19(22)20-13-5-8-18(20)15-6-3-2-4-7-15/h9-12,14-15,18H,2-8,13H2,1H3/t14-,18-/m0/s1. The normalized spacial score (nSPS) is 22.8. The van der Waals surface area contributed by atoms with Gasteiger partial charge in [0.25, 0.3) is 5.69 Å². The number of rotatable bonds is 5. The molecule has 3 rings (SSSR count). The summed E-state index contributed by atoms with van der Waals surface area (Å²) in [5, 5.41) is 10.6. The molecule has 2 aliphatic rings. The molecule has 2 fully saturated rings. The van der Waals surface area contributed by atoms with Crippen LogP contribution in [0.4, 0.5) is 5.69 Å². The van der Waals surface area contributed by atoms with Crippen molar-refractivity contribution in [2.24, 2.45) is 5.92 Å². The number of hydrogen-bond donors (Lipinski definition) is 0. The first-order valence-electron chi connectivity index (χ1n) is 9.28. The van der Waals surface area contributed by atoms with E-state index in [1.54, 1.807) is 12.1 Å². The predicted octanol–water partition coefficient (Wildman–Crippen LogP) is 4.65. The fourth-order valence-electron chi connectivity index (χ4n) is 4.21. The molecular weight excluding hydrogens is 336 g/mol. The topological polar surface area (TPSA) is 63.5 Å². The van der Waals surface area contributed by atoms with E-state index in [-0.39, 0.29) is 16.8 Å². The summed E-state index contributed by atoms with van der Waals surface area (Å²) in [7, 11) is 0. The number of likely N-dealkylation sites (tertiary alicyclic amines) is 1. The Morgan fingerprint density at radius 2 is 1.84 bits per heavy atom. The highest BCUT2D eigenvalue weighted by Gasteiger charge is 2.36. The Bertz CT molecular complexity index is 614. The molecule has 1 aromatic carbocycles. The van der Waals surface area contributed by atoms with Gasteiger partial charge in [-0.25, -0.2) is 0 Å². The molecule has 2 atom stereocenters. The minimum atomic E-state index is -0.401. The number of benzene rings is 1. The van der Waals surface area contributed by atoms with Gasteiger partial charge in [0.05, 0.1) is 10.2 Å². The number of amides is 1. The number of non-ortho nitro benzene ring substituents is 1. The molecule has 0 bridgehead atoms. The Balaban J connectivity index is 1.61. The summed E-state index contributed by atoms with van der Waals surface area (Å²) in [5.41, 5.74) is 0.0836. The van der Waals surface area contributed by atoms with Gasteiger partial charge in [-0.15, -0.1) is 11.8 Å². The van der Waals surface area contributed by atoms with Crippen LogP contribution in [0.15, 0.2) is 29.2 Å². The number of nitro groups is 1. The van der Waals surface area contributed by atoms with Crippen LogP contribution in [-0.2, 0) is 4.79 Å². The van der Waals surface area contributed by atoms with Crippen molar-refractivity contribution in [3.63, 3.8) is 0 Å². The van der Waals surface area contributed by atoms with Crippen molar-refractivity contribution in [2.75, 3.05) is 6.54 Å². The molecule has 1 saturated carbocycles. The third-order valence-electron chi connectivity index (χ3n) is 5.48. The lowest BCUT2D eigenvalue weighted by Crippen LogP contribution is -2.44. The molecule has 5 nitrogen and oxygen atoms in total. The van der Waals surface area contributed by atoms with Crippen LogP contribution < -0.4 is 0 Å². The number of hydrogen-bond acceptors (Lipinski definition) is 4. The average molecular weight is 362 g/mol. The van der Waals surface area contributed by atoms with Crippen molar-refractivity contribution in [2.45, 2.75) is 68.1 Å². The van der Waals surface area contributed by atoms with Gasteiger partial charge >= 0.3 is 0 Å². The van der Waals surface area contributed by atoms with E-state index in [1.807, 2.05) is 6.92 Å². The Morgan fingerprint density at radius 3 is 2.48 bits per heavy atom. The second kappa shape index (κ2) is 8.21. The zero-order valence-electron chi connectivity index (χ0n) is 14.7. The minimum Gasteiger partial charge on any atom is -0.338 e. The third kappa shape index (κ3) is 4.35. The maximum atomic E-state index is 13.0. The molecule has 25 heavy (non-hydrogen) atoms. The highest BCUT2D eigenvalue weighted by molar-refractivity contribution is 8.00. The molecule has 0 aromatic heterocycles. The van der Waals surface area contributed by atoms with Crippen molar-refractivity contribution >= 4 is 23.4 Å². The number of carbonyl (C=O) groups is 1. The third-order valence-corrected chi connectivity index (χ3v) is 6.58. The fraction of sp³-hybridized carbons (Fsp3) is 0.632. The Labute approximate surface area is 153 Å². The second-order valence-electron chi connectivity index (χ2n) is 7.15. The zero-order valence-corrected chi connectivity index (χ0v) is 15.5. The van der Waals surface area contributed by atoms with E-state index in [4.69, 9.17) is 0 Å². The van der Waals surface area contributed by atoms with Gasteiger partial charge in [-0.05, 0) is 50.7 Å². The smallest absolute Gasteiger partial charge is 0.269 e. The number of nitrogens with zero attached hydrogens (tertiary/aromatic N) is 2. The highest BCUT2D eigenvalue weighted by Crippen LogP contribution is 2.36. The summed E-state index contributed by atoms with van der Waals surface area (Å²) < 4.78 is 0. The van der Waals surface area contributed by atoms with Gasteiger partial charge in [0.15, 0.2) is 0 Å². The first-order chi connectivity index (χ1) is 12.1. The predicted molar refractivity (Wildman–Crippen MR) is 99.7 cm³/mol. The van der Waals surface area contributed by atoms with Crippen LogP contribution in [0.25, 0.3) is 0 Å². The van der Waals surface area contributed by atoms with Crippen molar-refractivity contribution in [3.8, 4) is 0 Å². The zero-order chi connectivity index (χ0) is 17.8. The summed E-state index contributed by atoms with van der Waals surface area (Å²) in [4.78, 5) is 26.3. The Hall–Kier alpha value is -1.56. The lowest BCUT2D eigenvalue weighted by atomic mass is 9.83. The second-order valence-corrected chi connectivity index (χ2v) is 8.56. The fourth-order valence-corrected chi connectivity index (χ4v) is 5.15. The van der Waals surface area contributed by atoms with Gasteiger partial charge in [0.1, 0.15) is 0 Å². The molecule has 1 aromatic rings. The van der Waals surface area contributed by atoms with Gasteiger partial charge in [-0.2, -0.15) is 0 Å². The molecule has 0 unspecified atom stereocenters. The average Bonchev–Trinajstić information content (AvgIpc) is 3.12. The van der Waals surface area contributed by atoms with E-state index in [1.165, 1.54) is 56.0 Å². The van der Waals surface area contributed by atoms with Crippen molar-refractivity contribution in [1.82, 2.24) is 4.90 Å². The highest BCUT2D eigenvalue weighted by atomic mass is 32.2. The van der Waals surface area contributed by atoms with E-state index in [9.17, 15) is 14.9 Å². The molecule has 1 heterocycles. The van der Waals surface area contributed by atoms with Crippen LogP contribution in [0.1, 0.15) is 51.9 Å². The maximum Gasteiger partial charge on any atom is 0.269 e. The van der Waals surface area contributed by atoms with Crippen molar-refractivity contribution in [1.29, 1.82) is 0 Å². The summed E-state index contributed by atoms with van der Waals surface area (Å²) in [6, 6.07) is 6.89. The van der Waals surface area contributed by atoms with Crippen LogP contribution in [0.3, 0.4) is 0 Å². The van der Waals surface area contributed by atoms with Gasteiger partial charge in [-0.1, -0.05) is 19.3 Å². The summed E-state index contributed by atoms with van der Waals surface area (Å²) in [6.07, 6.45) is 8.72. The molecule has 1 aliphatic carbocycles. The van der Waals surface area contributed by atoms with Crippen LogP contribution in [0.2, 0.25) is 0 Å². The molecule has 0 radical (unpaired) electrons. The Kier molecular flexibility index (Phi) is 5.99. The minimum absolute atomic E-state index is 0.0836. The van der Waals surface area contributed by atoms with Crippen LogP contribution >= 0.6 is 11.8 Å². The quantitative estimate of drug-likeness (QED) is 0.435. The van der Waals surface area contributed by atoms with E-state index in [0.717, 1.165) is 24.3 Å².